The number of hydrogen-bond donors (Lipinski definition) is 1. The summed E-state index contributed by atoms with van der Waals surface area (Å²) in [5.74, 6) is 3.38. The average Bonchev–Trinajstić information content (AvgIpc) is 2.74. The van der Waals surface area contributed by atoms with Crippen molar-refractivity contribution in [1.82, 2.24) is 0 Å². The Hall–Kier alpha value is -0.630. The van der Waals surface area contributed by atoms with Crippen molar-refractivity contribution in [2.75, 3.05) is 0 Å². The second-order valence-electron chi connectivity index (χ2n) is 7.94. The zero-order chi connectivity index (χ0) is 13.9. The molecule has 1 N–H and O–H groups in total. The van der Waals surface area contributed by atoms with Gasteiger partial charge in [-0.3, -0.25) is 4.79 Å². The lowest BCUT2D eigenvalue weighted by Crippen LogP contribution is -2.47. The Labute approximate surface area is 121 Å². The molecule has 0 spiro atoms. The van der Waals surface area contributed by atoms with Crippen LogP contribution in [0.25, 0.3) is 0 Å². The van der Waals surface area contributed by atoms with E-state index in [1.165, 1.54) is 31.3 Å². The van der Waals surface area contributed by atoms with Crippen molar-refractivity contribution >= 4 is 5.78 Å². The Bertz CT molecular complexity index is 466. The molecule has 0 heterocycles. The molecule has 4 rings (SSSR count). The molecule has 0 aliphatic heterocycles. The van der Waals surface area contributed by atoms with Gasteiger partial charge in [0.15, 0.2) is 5.78 Å². The van der Waals surface area contributed by atoms with Gasteiger partial charge in [-0.25, -0.2) is 0 Å². The summed E-state index contributed by atoms with van der Waals surface area (Å²) in [5, 5.41) is 10.4. The van der Waals surface area contributed by atoms with Crippen LogP contribution in [0.3, 0.4) is 0 Å². The van der Waals surface area contributed by atoms with Gasteiger partial charge in [0.05, 0.1) is 6.10 Å². The van der Waals surface area contributed by atoms with Crippen molar-refractivity contribution in [2.24, 2.45) is 29.1 Å². The molecular weight excluding hydrogens is 248 g/mol. The zero-order valence-electron chi connectivity index (χ0n) is 12.5. The highest BCUT2D eigenvalue weighted by Crippen LogP contribution is 2.61. The SMILES string of the molecule is C[C@]12CC[C@H]3[C@@H](CCC4=CC(=O)CC[C@@H]43)[C@H]1CC[C@@H]2O. The van der Waals surface area contributed by atoms with Gasteiger partial charge in [0.1, 0.15) is 0 Å². The van der Waals surface area contributed by atoms with Gasteiger partial charge in [0, 0.05) is 6.42 Å². The van der Waals surface area contributed by atoms with E-state index >= 15 is 0 Å². The van der Waals surface area contributed by atoms with Gasteiger partial charge in [-0.05, 0) is 80.1 Å². The molecule has 4 aliphatic rings. The van der Waals surface area contributed by atoms with Crippen LogP contribution in [0.1, 0.15) is 58.3 Å². The lowest BCUT2D eigenvalue weighted by atomic mass is 9.52. The molecule has 3 saturated carbocycles. The summed E-state index contributed by atoms with van der Waals surface area (Å²) in [6.07, 6.45) is 10.9. The second kappa shape index (κ2) is 4.43. The molecule has 20 heavy (non-hydrogen) atoms. The molecule has 0 saturated heterocycles. The number of carbonyl (C=O) groups excluding carboxylic acids is 1. The van der Waals surface area contributed by atoms with E-state index in [2.05, 4.69) is 6.92 Å². The molecule has 110 valence electrons. The number of aliphatic hydroxyl groups is 1. The monoisotopic (exact) mass is 274 g/mol. The minimum absolute atomic E-state index is 0.0710. The van der Waals surface area contributed by atoms with Crippen molar-refractivity contribution in [1.29, 1.82) is 0 Å². The van der Waals surface area contributed by atoms with Crippen LogP contribution >= 0.6 is 0 Å². The minimum atomic E-state index is -0.0710. The topological polar surface area (TPSA) is 37.3 Å². The minimum Gasteiger partial charge on any atom is -0.393 e. The number of carbonyl (C=O) groups is 1. The maximum atomic E-state index is 11.6. The predicted octanol–water partition coefficient (Wildman–Crippen LogP) is 3.49. The molecule has 2 heteroatoms. The number of aliphatic hydroxyl groups excluding tert-OH is 1. The first-order chi connectivity index (χ1) is 9.59. The number of allylic oxidation sites excluding steroid dienone is 1. The molecule has 2 nitrogen and oxygen atoms in total. The van der Waals surface area contributed by atoms with Crippen LogP contribution in [0.2, 0.25) is 0 Å². The quantitative estimate of drug-likeness (QED) is 0.734. The van der Waals surface area contributed by atoms with Crippen LogP contribution in [0.4, 0.5) is 0 Å². The van der Waals surface area contributed by atoms with Crippen LogP contribution in [-0.4, -0.2) is 17.0 Å². The van der Waals surface area contributed by atoms with Gasteiger partial charge in [-0.2, -0.15) is 0 Å². The summed E-state index contributed by atoms with van der Waals surface area (Å²) < 4.78 is 0. The summed E-state index contributed by atoms with van der Waals surface area (Å²) in [4.78, 5) is 11.6. The lowest BCUT2D eigenvalue weighted by molar-refractivity contribution is -0.116. The van der Waals surface area contributed by atoms with E-state index in [4.69, 9.17) is 0 Å². The van der Waals surface area contributed by atoms with Gasteiger partial charge in [0.2, 0.25) is 0 Å². The van der Waals surface area contributed by atoms with Crippen LogP contribution < -0.4 is 0 Å². The van der Waals surface area contributed by atoms with Gasteiger partial charge >= 0.3 is 0 Å². The first-order valence-corrected chi connectivity index (χ1v) is 8.51. The van der Waals surface area contributed by atoms with E-state index in [1.54, 1.807) is 0 Å². The Morgan fingerprint density at radius 3 is 2.80 bits per heavy atom. The molecular formula is C18H26O2. The van der Waals surface area contributed by atoms with Crippen molar-refractivity contribution < 1.29 is 9.90 Å². The fraction of sp³-hybridized carbons (Fsp3) is 0.833. The van der Waals surface area contributed by atoms with E-state index in [-0.39, 0.29) is 11.5 Å². The standard InChI is InChI=1S/C18H26O2/c1-18-9-8-14-13-5-3-12(19)10-11(13)2-4-15(14)16(18)6-7-17(18)20/h10,13-17,20H,2-9H2,1H3/t13-,14+,15+,16+,17-,18-/m0/s1. The molecule has 0 unspecified atom stereocenters. The zero-order valence-corrected chi connectivity index (χ0v) is 12.5. The maximum absolute atomic E-state index is 11.6. The van der Waals surface area contributed by atoms with Crippen LogP contribution in [0.5, 0.6) is 0 Å². The van der Waals surface area contributed by atoms with Crippen LogP contribution in [0, 0.1) is 29.1 Å². The first-order valence-electron chi connectivity index (χ1n) is 8.51. The van der Waals surface area contributed by atoms with Crippen molar-refractivity contribution in [2.45, 2.75) is 64.4 Å². The Morgan fingerprint density at radius 1 is 1.10 bits per heavy atom. The van der Waals surface area contributed by atoms with Crippen molar-refractivity contribution in [3.05, 3.63) is 11.6 Å². The Balaban J connectivity index is 1.63. The van der Waals surface area contributed by atoms with E-state index in [9.17, 15) is 9.90 Å². The number of hydrogen-bond acceptors (Lipinski definition) is 2. The molecule has 4 aliphatic carbocycles. The van der Waals surface area contributed by atoms with Gasteiger partial charge in [-0.15, -0.1) is 0 Å². The Kier molecular flexibility index (Phi) is 2.89. The van der Waals surface area contributed by atoms with E-state index in [1.807, 2.05) is 6.08 Å². The molecule has 0 aromatic rings. The van der Waals surface area contributed by atoms with E-state index in [0.717, 1.165) is 43.4 Å². The first kappa shape index (κ1) is 13.1. The lowest BCUT2D eigenvalue weighted by Gasteiger charge is -2.53. The van der Waals surface area contributed by atoms with Crippen LogP contribution in [0.15, 0.2) is 11.6 Å². The maximum Gasteiger partial charge on any atom is 0.155 e. The summed E-state index contributed by atoms with van der Waals surface area (Å²) in [5.41, 5.74) is 1.65. The molecule has 0 aromatic carbocycles. The summed E-state index contributed by atoms with van der Waals surface area (Å²) in [6, 6.07) is 0. The second-order valence-corrected chi connectivity index (χ2v) is 7.94. The number of rotatable bonds is 0. The third kappa shape index (κ3) is 1.70. The fourth-order valence-electron chi connectivity index (χ4n) is 6.15. The highest BCUT2D eigenvalue weighted by Gasteiger charge is 2.55. The molecule has 0 bridgehead atoms. The van der Waals surface area contributed by atoms with E-state index < -0.39 is 0 Å². The van der Waals surface area contributed by atoms with Gasteiger partial charge in [0.25, 0.3) is 0 Å². The molecule has 0 radical (unpaired) electrons. The summed E-state index contributed by atoms with van der Waals surface area (Å²) >= 11 is 0. The molecule has 6 atom stereocenters. The third-order valence-electron chi connectivity index (χ3n) is 7.25. The number of ketones is 1. The summed E-state index contributed by atoms with van der Waals surface area (Å²) in [7, 11) is 0. The molecule has 3 fully saturated rings. The summed E-state index contributed by atoms with van der Waals surface area (Å²) in [6.45, 7) is 2.33. The number of fused-ring (bicyclic) bond motifs is 5. The smallest absolute Gasteiger partial charge is 0.155 e. The third-order valence-corrected chi connectivity index (χ3v) is 7.25. The van der Waals surface area contributed by atoms with Gasteiger partial charge in [-0.1, -0.05) is 12.5 Å². The van der Waals surface area contributed by atoms with Crippen molar-refractivity contribution in [3.63, 3.8) is 0 Å². The average molecular weight is 274 g/mol. The highest BCUT2D eigenvalue weighted by molar-refractivity contribution is 5.91. The highest BCUT2D eigenvalue weighted by atomic mass is 16.3. The predicted molar refractivity (Wildman–Crippen MR) is 78.1 cm³/mol. The van der Waals surface area contributed by atoms with Gasteiger partial charge < -0.3 is 5.11 Å². The normalized spacial score (nSPS) is 51.0. The van der Waals surface area contributed by atoms with Crippen LogP contribution in [-0.2, 0) is 4.79 Å². The van der Waals surface area contributed by atoms with E-state index in [0.29, 0.717) is 11.7 Å². The Morgan fingerprint density at radius 2 is 1.95 bits per heavy atom. The fourth-order valence-corrected chi connectivity index (χ4v) is 6.15. The largest absolute Gasteiger partial charge is 0.393 e. The van der Waals surface area contributed by atoms with Crippen molar-refractivity contribution in [3.8, 4) is 0 Å². The molecule has 0 aromatic heterocycles. The molecule has 0 amide bonds.